The monoisotopic (exact) mass is 175 g/mol. The fourth-order valence-corrected chi connectivity index (χ4v) is 1.16. The van der Waals surface area contributed by atoms with Crippen LogP contribution < -0.4 is 16.4 Å². The van der Waals surface area contributed by atoms with Crippen LogP contribution in [0.1, 0.15) is 10.4 Å². The van der Waals surface area contributed by atoms with Crippen LogP contribution in [0.5, 0.6) is 0 Å². The molecule has 0 bridgehead atoms. The summed E-state index contributed by atoms with van der Waals surface area (Å²) in [6, 6.07) is 4.13. The Hall–Kier alpha value is -2.04. The molecule has 13 heavy (non-hydrogen) atoms. The van der Waals surface area contributed by atoms with Gasteiger partial charge < -0.3 is 5.73 Å². The molecular weight excluding hydrogens is 170 g/mol. The molecule has 5 nitrogen and oxygen atoms in total. The molecule has 1 aliphatic heterocycles. The molecule has 0 fully saturated rings. The molecule has 0 aliphatic carbocycles. The highest BCUT2D eigenvalue weighted by molar-refractivity contribution is 5.93. The van der Waals surface area contributed by atoms with Crippen molar-refractivity contribution in [1.29, 1.82) is 0 Å². The first-order valence-corrected chi connectivity index (χ1v) is 3.59. The third-order valence-electron chi connectivity index (χ3n) is 1.70. The minimum absolute atomic E-state index is 0.229. The van der Waals surface area contributed by atoms with E-state index < -0.39 is 11.9 Å². The third-order valence-corrected chi connectivity index (χ3v) is 1.70. The lowest BCUT2D eigenvalue weighted by Crippen LogP contribution is -2.31. The Balaban J connectivity index is 2.88. The SMILES string of the molecule is NC(=O)c1cccc2c1=NC(=O)N=2. The standard InChI is InChI=1S/C8H5N3O2/c9-7(12)4-2-1-3-5-6(4)11-8(13)10-5/h1-3H,(H2,9,12). The summed E-state index contributed by atoms with van der Waals surface area (Å²) in [5.74, 6) is -0.606. The minimum Gasteiger partial charge on any atom is -0.366 e. The van der Waals surface area contributed by atoms with Crippen LogP contribution in [0.4, 0.5) is 4.79 Å². The van der Waals surface area contributed by atoms with Crippen molar-refractivity contribution >= 4 is 11.9 Å². The maximum absolute atomic E-state index is 10.9. The lowest BCUT2D eigenvalue weighted by Gasteiger charge is -1.91. The van der Waals surface area contributed by atoms with Crippen molar-refractivity contribution in [3.63, 3.8) is 0 Å². The Morgan fingerprint density at radius 1 is 1.31 bits per heavy atom. The molecular formula is C8H5N3O2. The topological polar surface area (TPSA) is 84.9 Å². The largest absolute Gasteiger partial charge is 0.368 e. The number of hydrogen-bond acceptors (Lipinski definition) is 2. The fraction of sp³-hybridized carbons (Fsp3) is 0. The minimum atomic E-state index is -0.606. The Morgan fingerprint density at radius 3 is 2.77 bits per heavy atom. The van der Waals surface area contributed by atoms with Gasteiger partial charge in [0.25, 0.3) is 5.91 Å². The van der Waals surface area contributed by atoms with E-state index in [9.17, 15) is 9.59 Å². The van der Waals surface area contributed by atoms with Gasteiger partial charge in [0, 0.05) is 0 Å². The van der Waals surface area contributed by atoms with E-state index in [-0.39, 0.29) is 10.9 Å². The molecule has 2 rings (SSSR count). The van der Waals surface area contributed by atoms with Crippen molar-refractivity contribution in [2.45, 2.75) is 0 Å². The van der Waals surface area contributed by atoms with Crippen LogP contribution in [0.25, 0.3) is 0 Å². The number of primary amides is 1. The second-order valence-electron chi connectivity index (χ2n) is 2.54. The summed E-state index contributed by atoms with van der Waals surface area (Å²) >= 11 is 0. The molecule has 2 N–H and O–H groups in total. The van der Waals surface area contributed by atoms with Gasteiger partial charge in [0.1, 0.15) is 5.36 Å². The van der Waals surface area contributed by atoms with Gasteiger partial charge in [-0.2, -0.15) is 9.98 Å². The van der Waals surface area contributed by atoms with Gasteiger partial charge in [0.2, 0.25) is 0 Å². The van der Waals surface area contributed by atoms with Gasteiger partial charge in [-0.05, 0) is 12.1 Å². The molecule has 1 aromatic carbocycles. The quantitative estimate of drug-likeness (QED) is 0.603. The van der Waals surface area contributed by atoms with Gasteiger partial charge >= 0.3 is 6.03 Å². The molecule has 0 atom stereocenters. The first kappa shape index (κ1) is 7.60. The predicted octanol–water partition coefficient (Wildman–Crippen LogP) is -0.842. The average molecular weight is 175 g/mol. The number of fused-ring (bicyclic) bond motifs is 1. The van der Waals surface area contributed by atoms with Crippen LogP contribution in [0.15, 0.2) is 28.2 Å². The number of nitrogens with two attached hydrogens (primary N) is 1. The van der Waals surface area contributed by atoms with Gasteiger partial charge in [-0.15, -0.1) is 0 Å². The Morgan fingerprint density at radius 2 is 2.08 bits per heavy atom. The molecule has 0 spiro atoms. The van der Waals surface area contributed by atoms with E-state index in [1.807, 2.05) is 0 Å². The Bertz CT molecular complexity index is 519. The van der Waals surface area contributed by atoms with E-state index in [1.54, 1.807) is 12.1 Å². The van der Waals surface area contributed by atoms with Crippen LogP contribution in [-0.4, -0.2) is 11.9 Å². The Labute approximate surface area is 72.6 Å². The summed E-state index contributed by atoms with van der Waals surface area (Å²) < 4.78 is 0. The third kappa shape index (κ3) is 1.10. The van der Waals surface area contributed by atoms with Crippen molar-refractivity contribution in [1.82, 2.24) is 0 Å². The molecule has 1 heterocycles. The van der Waals surface area contributed by atoms with Crippen molar-refractivity contribution in [2.75, 3.05) is 0 Å². The second kappa shape index (κ2) is 2.48. The predicted molar refractivity (Wildman–Crippen MR) is 42.7 cm³/mol. The average Bonchev–Trinajstić information content (AvgIpc) is 2.43. The van der Waals surface area contributed by atoms with Crippen LogP contribution in [-0.2, 0) is 0 Å². The maximum atomic E-state index is 10.9. The van der Waals surface area contributed by atoms with E-state index in [1.165, 1.54) is 6.07 Å². The molecule has 0 saturated carbocycles. The number of amides is 3. The van der Waals surface area contributed by atoms with Crippen LogP contribution in [0, 0.1) is 0 Å². The highest BCUT2D eigenvalue weighted by Gasteiger charge is 2.11. The molecule has 0 aromatic heterocycles. The number of nitrogens with zero attached hydrogens (tertiary/aromatic N) is 2. The van der Waals surface area contributed by atoms with Crippen LogP contribution in [0.3, 0.4) is 0 Å². The van der Waals surface area contributed by atoms with Crippen molar-refractivity contribution in [3.05, 3.63) is 34.5 Å². The summed E-state index contributed by atoms with van der Waals surface area (Å²) in [5, 5.41) is 0.682. The number of para-hydroxylation sites is 1. The van der Waals surface area contributed by atoms with Gasteiger partial charge in [0.05, 0.1) is 10.9 Å². The molecule has 1 aromatic rings. The Kier molecular flexibility index (Phi) is 1.45. The van der Waals surface area contributed by atoms with E-state index in [0.29, 0.717) is 5.36 Å². The molecule has 3 amide bonds. The van der Waals surface area contributed by atoms with Crippen LogP contribution >= 0.6 is 0 Å². The second-order valence-corrected chi connectivity index (χ2v) is 2.54. The summed E-state index contributed by atoms with van der Waals surface area (Å²) in [6.45, 7) is 0. The van der Waals surface area contributed by atoms with E-state index in [0.717, 1.165) is 0 Å². The first-order valence-electron chi connectivity index (χ1n) is 3.59. The van der Waals surface area contributed by atoms with E-state index >= 15 is 0 Å². The normalized spacial score (nSPS) is 13.1. The van der Waals surface area contributed by atoms with Crippen molar-refractivity contribution < 1.29 is 9.59 Å². The summed E-state index contributed by atoms with van der Waals surface area (Å²) in [5.41, 5.74) is 5.31. The number of rotatable bonds is 1. The zero-order valence-corrected chi connectivity index (χ0v) is 6.52. The molecule has 0 radical (unpaired) electrons. The molecule has 0 unspecified atom stereocenters. The smallest absolute Gasteiger partial charge is 0.366 e. The first-order chi connectivity index (χ1) is 6.18. The molecule has 64 valence electrons. The summed E-state index contributed by atoms with van der Waals surface area (Å²) in [6.07, 6.45) is 0. The van der Waals surface area contributed by atoms with Crippen molar-refractivity contribution in [3.8, 4) is 0 Å². The van der Waals surface area contributed by atoms with E-state index in [4.69, 9.17) is 5.73 Å². The lowest BCUT2D eigenvalue weighted by molar-refractivity contribution is 0.0999. The highest BCUT2D eigenvalue weighted by Crippen LogP contribution is 1.91. The summed E-state index contributed by atoms with van der Waals surface area (Å²) in [7, 11) is 0. The van der Waals surface area contributed by atoms with Gasteiger partial charge in [-0.1, -0.05) is 6.07 Å². The zero-order valence-electron chi connectivity index (χ0n) is 6.52. The number of urea groups is 1. The van der Waals surface area contributed by atoms with Gasteiger partial charge in [-0.3, -0.25) is 4.79 Å². The van der Waals surface area contributed by atoms with Gasteiger partial charge in [0.15, 0.2) is 0 Å². The lowest BCUT2D eigenvalue weighted by atomic mass is 10.2. The number of hydrogen-bond donors (Lipinski definition) is 1. The zero-order chi connectivity index (χ0) is 9.42. The maximum Gasteiger partial charge on any atom is 0.368 e. The number of carbonyl (C=O) groups excluding carboxylic acids is 2. The molecule has 1 aliphatic rings. The molecule has 0 saturated heterocycles. The van der Waals surface area contributed by atoms with Crippen LogP contribution in [0.2, 0.25) is 0 Å². The van der Waals surface area contributed by atoms with Gasteiger partial charge in [-0.25, -0.2) is 4.79 Å². The number of carbonyl (C=O) groups is 2. The molecule has 5 heteroatoms. The van der Waals surface area contributed by atoms with E-state index in [2.05, 4.69) is 9.98 Å². The summed E-state index contributed by atoms with van der Waals surface area (Å²) in [4.78, 5) is 28.8. The number of benzene rings is 1. The highest BCUT2D eigenvalue weighted by atomic mass is 16.2. The fourth-order valence-electron chi connectivity index (χ4n) is 1.16. The van der Waals surface area contributed by atoms with Crippen molar-refractivity contribution in [2.24, 2.45) is 15.7 Å².